The van der Waals surface area contributed by atoms with E-state index in [1.807, 2.05) is 32.0 Å². The van der Waals surface area contributed by atoms with Gasteiger partial charge in [-0.1, -0.05) is 49.0 Å². The number of nitrogens with one attached hydrogen (secondary N) is 2. The van der Waals surface area contributed by atoms with Gasteiger partial charge in [0.25, 0.3) is 0 Å². The fraction of sp³-hybridized carbons (Fsp3) is 0.296. The fourth-order valence-electron chi connectivity index (χ4n) is 4.14. The van der Waals surface area contributed by atoms with Gasteiger partial charge in [0.1, 0.15) is 5.92 Å². The maximum absolute atomic E-state index is 13.0. The van der Waals surface area contributed by atoms with Gasteiger partial charge in [-0.3, -0.25) is 14.4 Å². The van der Waals surface area contributed by atoms with E-state index >= 15 is 0 Å². The Balaban J connectivity index is 1.92. The first-order valence-electron chi connectivity index (χ1n) is 11.5. The van der Waals surface area contributed by atoms with Gasteiger partial charge in [0, 0.05) is 11.6 Å². The Morgan fingerprint density at radius 2 is 1.81 bits per heavy atom. The second-order valence-electron chi connectivity index (χ2n) is 8.24. The molecule has 0 radical (unpaired) electrons. The normalized spacial score (nSPS) is 16.9. The molecule has 1 aliphatic heterocycles. The van der Waals surface area contributed by atoms with E-state index in [-0.39, 0.29) is 27.8 Å². The summed E-state index contributed by atoms with van der Waals surface area (Å²) >= 11 is 0.999. The van der Waals surface area contributed by atoms with E-state index in [1.165, 1.54) is 19.2 Å². The van der Waals surface area contributed by atoms with E-state index in [9.17, 15) is 24.4 Å². The van der Waals surface area contributed by atoms with Crippen molar-refractivity contribution in [2.45, 2.75) is 26.2 Å². The third-order valence-corrected chi connectivity index (χ3v) is 7.04. The zero-order valence-electron chi connectivity index (χ0n) is 20.9. The maximum Gasteiger partial charge on any atom is 0.337 e. The quantitative estimate of drug-likeness (QED) is 0.398. The van der Waals surface area contributed by atoms with Crippen molar-refractivity contribution in [3.8, 4) is 6.07 Å². The predicted octanol–water partition coefficient (Wildman–Crippen LogP) is 3.45. The van der Waals surface area contributed by atoms with Crippen LogP contribution in [0.1, 0.15) is 39.9 Å². The van der Waals surface area contributed by atoms with Gasteiger partial charge in [0.05, 0.1) is 42.2 Å². The van der Waals surface area contributed by atoms with E-state index in [1.54, 1.807) is 12.1 Å². The van der Waals surface area contributed by atoms with Crippen molar-refractivity contribution in [1.82, 2.24) is 5.32 Å². The number of anilines is 1. The van der Waals surface area contributed by atoms with E-state index in [0.717, 1.165) is 42.1 Å². The molecule has 1 heterocycles. The summed E-state index contributed by atoms with van der Waals surface area (Å²) in [6.07, 6.45) is 0.746. The van der Waals surface area contributed by atoms with Crippen LogP contribution in [0.2, 0.25) is 0 Å². The minimum atomic E-state index is -1.32. The summed E-state index contributed by atoms with van der Waals surface area (Å²) in [7, 11) is 2.42. The Bertz CT molecular complexity index is 1300. The van der Waals surface area contributed by atoms with Crippen LogP contribution in [0.4, 0.5) is 5.69 Å². The number of thioether (sulfide) groups is 1. The molecule has 192 valence electrons. The molecule has 0 bridgehead atoms. The molecule has 1 aliphatic rings. The number of rotatable bonds is 8. The van der Waals surface area contributed by atoms with Gasteiger partial charge in [-0.25, -0.2) is 4.79 Å². The molecule has 0 spiro atoms. The number of carbonyl (C=O) groups excluding carboxylic acids is 4. The number of methoxy groups -OCH3 is 2. The lowest BCUT2D eigenvalue weighted by molar-refractivity contribution is -0.150. The van der Waals surface area contributed by atoms with Crippen molar-refractivity contribution in [2.24, 2.45) is 5.92 Å². The molecule has 3 rings (SSSR count). The van der Waals surface area contributed by atoms with Crippen LogP contribution in [0.5, 0.6) is 0 Å². The number of hydrogen-bond acceptors (Lipinski definition) is 8. The minimum absolute atomic E-state index is 0.0742. The standard InChI is InChI=1S/C27H27N3O6S/c1-5-16-8-6-7-15(2)23(16)29-20(31)14-37-25-19(13-28)21(22(24(32)30-25)27(34)36-4)17-9-11-18(12-10-17)26(33)35-3/h6-12,21-22H,5,14H2,1-4H3,(H,29,31)(H,30,32)/t21-,22-/m0/s1. The Labute approximate surface area is 219 Å². The molecule has 10 heteroatoms. The highest BCUT2D eigenvalue weighted by Gasteiger charge is 2.44. The van der Waals surface area contributed by atoms with Crippen molar-refractivity contribution in [2.75, 3.05) is 25.3 Å². The Hall–Kier alpha value is -4.10. The topological polar surface area (TPSA) is 135 Å². The number of benzene rings is 2. The summed E-state index contributed by atoms with van der Waals surface area (Å²) in [5.74, 6) is -4.66. The monoisotopic (exact) mass is 521 g/mol. The summed E-state index contributed by atoms with van der Waals surface area (Å²) in [6.45, 7) is 3.90. The molecule has 0 saturated carbocycles. The Kier molecular flexibility index (Phi) is 9.09. The SMILES string of the molecule is CCc1cccc(C)c1NC(=O)CSC1=C(C#N)[C@H](c2ccc(C(=O)OC)cc2)[C@H](C(=O)OC)C(=O)N1. The van der Waals surface area contributed by atoms with Gasteiger partial charge in [0.15, 0.2) is 0 Å². The van der Waals surface area contributed by atoms with Crippen molar-refractivity contribution < 1.29 is 28.7 Å². The molecular weight excluding hydrogens is 494 g/mol. The Morgan fingerprint density at radius 1 is 1.11 bits per heavy atom. The summed E-state index contributed by atoms with van der Waals surface area (Å²) in [4.78, 5) is 50.2. The zero-order valence-corrected chi connectivity index (χ0v) is 21.7. The number of ether oxygens (including phenoxy) is 2. The molecule has 37 heavy (non-hydrogen) atoms. The minimum Gasteiger partial charge on any atom is -0.468 e. The lowest BCUT2D eigenvalue weighted by Crippen LogP contribution is -2.44. The zero-order chi connectivity index (χ0) is 27.1. The third kappa shape index (κ3) is 6.01. The summed E-state index contributed by atoms with van der Waals surface area (Å²) in [5.41, 5.74) is 3.52. The van der Waals surface area contributed by atoms with Crippen LogP contribution >= 0.6 is 11.8 Å². The molecule has 0 unspecified atom stereocenters. The highest BCUT2D eigenvalue weighted by Crippen LogP contribution is 2.40. The van der Waals surface area contributed by atoms with Crippen LogP contribution in [0, 0.1) is 24.2 Å². The molecule has 0 aromatic heterocycles. The number of para-hydroxylation sites is 1. The summed E-state index contributed by atoms with van der Waals surface area (Å²) in [6, 6.07) is 14.0. The van der Waals surface area contributed by atoms with Crippen LogP contribution in [-0.2, 0) is 30.3 Å². The molecule has 0 saturated heterocycles. The highest BCUT2D eigenvalue weighted by molar-refractivity contribution is 8.03. The average molecular weight is 522 g/mol. The summed E-state index contributed by atoms with van der Waals surface area (Å²) in [5, 5.41) is 15.7. The first-order valence-corrected chi connectivity index (χ1v) is 12.5. The molecule has 9 nitrogen and oxygen atoms in total. The first kappa shape index (κ1) is 27.5. The van der Waals surface area contributed by atoms with Crippen LogP contribution < -0.4 is 10.6 Å². The van der Waals surface area contributed by atoms with Gasteiger partial charge >= 0.3 is 11.9 Å². The largest absolute Gasteiger partial charge is 0.468 e. The lowest BCUT2D eigenvalue weighted by Gasteiger charge is -2.31. The van der Waals surface area contributed by atoms with E-state index in [4.69, 9.17) is 9.47 Å². The van der Waals surface area contributed by atoms with Gasteiger partial charge in [-0.2, -0.15) is 5.26 Å². The van der Waals surface area contributed by atoms with Crippen LogP contribution in [0.3, 0.4) is 0 Å². The molecule has 2 N–H and O–H groups in total. The van der Waals surface area contributed by atoms with Gasteiger partial charge in [-0.15, -0.1) is 0 Å². The second-order valence-corrected chi connectivity index (χ2v) is 9.22. The molecule has 0 aliphatic carbocycles. The molecule has 2 amide bonds. The smallest absolute Gasteiger partial charge is 0.337 e. The first-order chi connectivity index (χ1) is 17.7. The van der Waals surface area contributed by atoms with E-state index in [2.05, 4.69) is 16.7 Å². The maximum atomic E-state index is 13.0. The average Bonchev–Trinajstić information content (AvgIpc) is 2.91. The fourth-order valence-corrected chi connectivity index (χ4v) is 4.99. The molecule has 2 atom stereocenters. The van der Waals surface area contributed by atoms with E-state index in [0.29, 0.717) is 5.56 Å². The number of hydrogen-bond donors (Lipinski definition) is 2. The number of aryl methyl sites for hydroxylation is 2. The Morgan fingerprint density at radius 3 is 2.41 bits per heavy atom. The number of carbonyl (C=O) groups is 4. The van der Waals surface area contributed by atoms with Crippen molar-refractivity contribution in [3.05, 3.63) is 75.3 Å². The summed E-state index contributed by atoms with van der Waals surface area (Å²) < 4.78 is 9.55. The number of allylic oxidation sites excluding steroid dienone is 1. The van der Waals surface area contributed by atoms with Gasteiger partial charge in [-0.05, 0) is 42.2 Å². The highest BCUT2D eigenvalue weighted by atomic mass is 32.2. The van der Waals surface area contributed by atoms with Crippen molar-refractivity contribution in [3.63, 3.8) is 0 Å². The second kappa shape index (κ2) is 12.2. The van der Waals surface area contributed by atoms with Gasteiger partial charge in [0.2, 0.25) is 11.8 Å². The predicted molar refractivity (Wildman–Crippen MR) is 138 cm³/mol. The van der Waals surface area contributed by atoms with E-state index < -0.39 is 29.7 Å². The number of amides is 2. The number of esters is 2. The van der Waals surface area contributed by atoms with Crippen LogP contribution in [-0.4, -0.2) is 43.7 Å². The molecular formula is C27H27N3O6S. The molecule has 2 aromatic carbocycles. The van der Waals surface area contributed by atoms with Crippen molar-refractivity contribution in [1.29, 1.82) is 5.26 Å². The number of nitriles is 1. The van der Waals surface area contributed by atoms with Crippen LogP contribution in [0.15, 0.2) is 53.1 Å². The third-order valence-electron chi connectivity index (χ3n) is 6.03. The van der Waals surface area contributed by atoms with Crippen LogP contribution in [0.25, 0.3) is 0 Å². The number of nitrogens with zero attached hydrogens (tertiary/aromatic N) is 1. The molecule has 2 aromatic rings. The van der Waals surface area contributed by atoms with Gasteiger partial charge < -0.3 is 20.1 Å². The molecule has 0 fully saturated rings. The lowest BCUT2D eigenvalue weighted by atomic mass is 9.78. The van der Waals surface area contributed by atoms with Crippen molar-refractivity contribution >= 4 is 41.2 Å².